The van der Waals surface area contributed by atoms with Crippen molar-refractivity contribution in [2.75, 3.05) is 11.4 Å². The van der Waals surface area contributed by atoms with Crippen LogP contribution in [0.1, 0.15) is 16.7 Å². The molecule has 0 aromatic heterocycles. The fourth-order valence-corrected chi connectivity index (χ4v) is 5.33. The quantitative estimate of drug-likeness (QED) is 0.157. The number of nitrogens with zero attached hydrogens (tertiary/aromatic N) is 4. The molecule has 0 fully saturated rings. The fraction of sp³-hybridized carbons (Fsp3) is 0.103. The van der Waals surface area contributed by atoms with Gasteiger partial charge in [-0.3, -0.25) is 14.7 Å². The third kappa shape index (κ3) is 4.83. The van der Waals surface area contributed by atoms with Crippen LogP contribution in [0.4, 0.5) is 17.1 Å². The van der Waals surface area contributed by atoms with Crippen LogP contribution >= 0.6 is 23.4 Å². The van der Waals surface area contributed by atoms with Gasteiger partial charge >= 0.3 is 0 Å². The largest absolute Gasteiger partial charge is 0.277 e. The van der Waals surface area contributed by atoms with Crippen molar-refractivity contribution in [3.05, 3.63) is 113 Å². The van der Waals surface area contributed by atoms with Gasteiger partial charge in [0.15, 0.2) is 5.84 Å². The van der Waals surface area contributed by atoms with Gasteiger partial charge < -0.3 is 0 Å². The Labute approximate surface area is 219 Å². The lowest BCUT2D eigenvalue weighted by atomic mass is 10.1. The molecule has 0 aliphatic carbocycles. The number of benzene rings is 4. The first-order valence-corrected chi connectivity index (χ1v) is 12.7. The van der Waals surface area contributed by atoms with E-state index in [1.807, 2.05) is 85.8 Å². The second-order valence-corrected chi connectivity index (χ2v) is 9.79. The van der Waals surface area contributed by atoms with E-state index in [2.05, 4.69) is 28.2 Å². The molecule has 0 radical (unpaired) electrons. The van der Waals surface area contributed by atoms with Crippen LogP contribution < -0.4 is 4.90 Å². The third-order valence-corrected chi connectivity index (χ3v) is 7.48. The lowest BCUT2D eigenvalue weighted by Gasteiger charge is -2.31. The van der Waals surface area contributed by atoms with E-state index in [1.54, 1.807) is 22.7 Å². The third-order valence-electron chi connectivity index (χ3n) is 5.85. The number of fused-ring (bicyclic) bond motifs is 2. The van der Waals surface area contributed by atoms with E-state index in [9.17, 15) is 4.79 Å². The maximum atomic E-state index is 13.7. The van der Waals surface area contributed by atoms with Gasteiger partial charge in [0, 0.05) is 15.4 Å². The van der Waals surface area contributed by atoms with Gasteiger partial charge in [0.2, 0.25) is 0 Å². The summed E-state index contributed by atoms with van der Waals surface area (Å²) in [5.74, 6) is 0.145. The Morgan fingerprint density at radius 1 is 0.833 bits per heavy atom. The van der Waals surface area contributed by atoms with E-state index in [-0.39, 0.29) is 12.5 Å². The Morgan fingerprint density at radius 3 is 2.36 bits per heavy atom. The van der Waals surface area contributed by atoms with Gasteiger partial charge in [0.25, 0.3) is 5.91 Å². The highest BCUT2D eigenvalue weighted by atomic mass is 35.5. The molecule has 0 saturated heterocycles. The topological polar surface area (TPSA) is 57.4 Å². The zero-order valence-electron chi connectivity index (χ0n) is 19.9. The first-order chi connectivity index (χ1) is 17.5. The smallest absolute Gasteiger partial charge is 0.253 e. The normalized spacial score (nSPS) is 13.0. The number of amidine groups is 1. The van der Waals surface area contributed by atoms with E-state index in [4.69, 9.17) is 11.6 Å². The Bertz CT molecular complexity index is 1510. The zero-order valence-corrected chi connectivity index (χ0v) is 21.4. The van der Waals surface area contributed by atoms with Crippen LogP contribution in [0.2, 0.25) is 5.02 Å². The lowest BCUT2D eigenvalue weighted by Crippen LogP contribution is -2.30. The highest BCUT2D eigenvalue weighted by molar-refractivity contribution is 7.99. The maximum Gasteiger partial charge on any atom is 0.253 e. The summed E-state index contributed by atoms with van der Waals surface area (Å²) in [5, 5.41) is 9.32. The van der Waals surface area contributed by atoms with Crippen molar-refractivity contribution in [2.45, 2.75) is 23.6 Å². The average molecular weight is 511 g/mol. The van der Waals surface area contributed by atoms with Crippen LogP contribution in [0.3, 0.4) is 0 Å². The van der Waals surface area contributed by atoms with Crippen molar-refractivity contribution in [3.63, 3.8) is 0 Å². The molecule has 5 nitrogen and oxygen atoms in total. The van der Waals surface area contributed by atoms with E-state index in [0.29, 0.717) is 16.4 Å². The molecule has 1 aliphatic rings. The van der Waals surface area contributed by atoms with Gasteiger partial charge in [-0.15, -0.1) is 10.2 Å². The summed E-state index contributed by atoms with van der Waals surface area (Å²) in [6.45, 7) is 3.91. The summed E-state index contributed by atoms with van der Waals surface area (Å²) < 4.78 is 0. The highest BCUT2D eigenvalue weighted by Crippen LogP contribution is 2.49. The Morgan fingerprint density at radius 2 is 1.53 bits per heavy atom. The van der Waals surface area contributed by atoms with E-state index in [1.165, 1.54) is 0 Å². The number of aryl methyl sites for hydroxylation is 2. The molecule has 1 heterocycles. The van der Waals surface area contributed by atoms with Gasteiger partial charge in [-0.25, -0.2) is 0 Å². The molecule has 5 rings (SSSR count). The maximum absolute atomic E-state index is 13.7. The zero-order chi connectivity index (χ0) is 25.1. The van der Waals surface area contributed by atoms with Crippen molar-refractivity contribution < 1.29 is 4.79 Å². The number of amides is 1. The van der Waals surface area contributed by atoms with Crippen LogP contribution in [0.5, 0.6) is 0 Å². The fourth-order valence-electron chi connectivity index (χ4n) is 3.99. The predicted molar refractivity (Wildman–Crippen MR) is 147 cm³/mol. The standard InChI is InChI=1S/C29H23ClN4OS/c1-19-10-3-6-14-23(19)32-33-29(21-12-4-5-13-22(21)30)31-18-27(35)34-24-15-7-8-17-26(24)36-28-20(2)11-9-16-25(28)34/h3-17H,18H2,1-2H3. The number of azo groups is 1. The number of hydrogen-bond acceptors (Lipinski definition) is 4. The van der Waals surface area contributed by atoms with Gasteiger partial charge in [0.1, 0.15) is 6.54 Å². The van der Waals surface area contributed by atoms with Gasteiger partial charge in [-0.2, -0.15) is 0 Å². The monoisotopic (exact) mass is 510 g/mol. The number of halogens is 1. The Balaban J connectivity index is 1.53. The second-order valence-electron chi connectivity index (χ2n) is 8.33. The number of hydrogen-bond donors (Lipinski definition) is 0. The molecule has 1 aliphatic heterocycles. The molecule has 36 heavy (non-hydrogen) atoms. The number of carbonyl (C=O) groups is 1. The SMILES string of the molecule is Cc1ccccc1N=NC(=NCC(=O)N1c2ccccc2Sc2c(C)cccc21)c1ccccc1Cl. The van der Waals surface area contributed by atoms with Gasteiger partial charge in [-0.1, -0.05) is 78.0 Å². The van der Waals surface area contributed by atoms with Gasteiger partial charge in [0.05, 0.1) is 22.1 Å². The molecule has 0 saturated carbocycles. The first kappa shape index (κ1) is 24.0. The molecular formula is C29H23ClN4OS. The van der Waals surface area contributed by atoms with E-state index >= 15 is 0 Å². The number of anilines is 2. The predicted octanol–water partition coefficient (Wildman–Crippen LogP) is 8.32. The van der Waals surface area contributed by atoms with Crippen LogP contribution in [0, 0.1) is 13.8 Å². The van der Waals surface area contributed by atoms with E-state index in [0.717, 1.165) is 38.0 Å². The molecule has 4 aromatic carbocycles. The molecule has 0 unspecified atom stereocenters. The lowest BCUT2D eigenvalue weighted by molar-refractivity contribution is -0.116. The van der Waals surface area contributed by atoms with Crippen molar-refractivity contribution >= 4 is 52.2 Å². The minimum absolute atomic E-state index is 0.111. The summed E-state index contributed by atoms with van der Waals surface area (Å²) >= 11 is 8.15. The molecule has 7 heteroatoms. The average Bonchev–Trinajstić information content (AvgIpc) is 2.89. The number of rotatable bonds is 4. The molecule has 1 amide bonds. The first-order valence-electron chi connectivity index (χ1n) is 11.5. The molecule has 0 N–H and O–H groups in total. The summed E-state index contributed by atoms with van der Waals surface area (Å²) in [7, 11) is 0. The number of carbonyl (C=O) groups excluding carboxylic acids is 1. The number of aliphatic imine (C=N–C) groups is 1. The molecular weight excluding hydrogens is 488 g/mol. The summed E-state index contributed by atoms with van der Waals surface area (Å²) in [4.78, 5) is 22.2. The highest BCUT2D eigenvalue weighted by Gasteiger charge is 2.28. The van der Waals surface area contributed by atoms with Gasteiger partial charge in [-0.05, 0) is 61.4 Å². The molecule has 0 spiro atoms. The second kappa shape index (κ2) is 10.5. The van der Waals surface area contributed by atoms with Crippen LogP contribution in [0.15, 0.2) is 116 Å². The minimum Gasteiger partial charge on any atom is -0.277 e. The summed E-state index contributed by atoms with van der Waals surface area (Å²) in [6.07, 6.45) is 0. The van der Waals surface area contributed by atoms with Crippen LogP contribution in [0.25, 0.3) is 0 Å². The van der Waals surface area contributed by atoms with Crippen LogP contribution in [-0.2, 0) is 4.79 Å². The van der Waals surface area contributed by atoms with Crippen molar-refractivity contribution in [3.8, 4) is 0 Å². The van der Waals surface area contributed by atoms with Crippen molar-refractivity contribution in [1.29, 1.82) is 0 Å². The van der Waals surface area contributed by atoms with Crippen LogP contribution in [-0.4, -0.2) is 18.3 Å². The van der Waals surface area contributed by atoms with Crippen molar-refractivity contribution in [1.82, 2.24) is 0 Å². The van der Waals surface area contributed by atoms with E-state index < -0.39 is 0 Å². The Kier molecular flexibility index (Phi) is 6.98. The molecule has 178 valence electrons. The summed E-state index contributed by atoms with van der Waals surface area (Å²) in [6, 6.07) is 28.9. The number of para-hydroxylation sites is 1. The molecule has 0 bridgehead atoms. The van der Waals surface area contributed by atoms with Crippen molar-refractivity contribution in [2.24, 2.45) is 15.2 Å². The minimum atomic E-state index is -0.162. The Hall–Kier alpha value is -3.74. The summed E-state index contributed by atoms with van der Waals surface area (Å²) in [5.41, 5.74) is 5.17. The molecule has 0 atom stereocenters. The molecule has 4 aromatic rings.